The van der Waals surface area contributed by atoms with Crippen LogP contribution >= 0.6 is 0 Å². The summed E-state index contributed by atoms with van der Waals surface area (Å²) in [5.41, 5.74) is 9.17. The van der Waals surface area contributed by atoms with E-state index in [1.807, 2.05) is 0 Å². The van der Waals surface area contributed by atoms with E-state index in [1.54, 1.807) is 0 Å². The van der Waals surface area contributed by atoms with Crippen molar-refractivity contribution in [1.82, 2.24) is 0 Å². The maximum Gasteiger partial charge on any atom is 0.337 e. The van der Waals surface area contributed by atoms with Crippen LogP contribution in [0.4, 0.5) is 0 Å². The number of carbonyl (C=O) groups is 2. The molecule has 0 radical (unpaired) electrons. The van der Waals surface area contributed by atoms with Crippen LogP contribution in [0, 0.1) is 0 Å². The van der Waals surface area contributed by atoms with Crippen molar-refractivity contribution in [1.29, 1.82) is 0 Å². The van der Waals surface area contributed by atoms with Gasteiger partial charge in [0.25, 0.3) is 0 Å². The predicted molar refractivity (Wildman–Crippen MR) is 62.0 cm³/mol. The second-order valence-electron chi connectivity index (χ2n) is 3.29. The first-order valence-electron chi connectivity index (χ1n) is 4.93. The molecule has 0 aliphatic rings. The lowest BCUT2D eigenvalue weighted by Gasteiger charge is -2.06. The molecule has 94 valence electrons. The van der Waals surface area contributed by atoms with E-state index >= 15 is 0 Å². The largest absolute Gasteiger partial charge is 0.465 e. The van der Waals surface area contributed by atoms with E-state index < -0.39 is 11.9 Å². The molecule has 1 aromatic carbocycles. The van der Waals surface area contributed by atoms with E-state index in [-0.39, 0.29) is 17.7 Å². The summed E-state index contributed by atoms with van der Waals surface area (Å²) in [5, 5.41) is 3.37. The molecule has 0 atom stereocenters. The molecule has 0 N–H and O–H groups in total. The summed E-state index contributed by atoms with van der Waals surface area (Å²) in [6.07, 6.45) is 0. The van der Waals surface area contributed by atoms with Crippen LogP contribution < -0.4 is 0 Å². The summed E-state index contributed by atoms with van der Waals surface area (Å²) < 4.78 is 9.14. The highest BCUT2D eigenvalue weighted by atomic mass is 16.5. The first-order valence-corrected chi connectivity index (χ1v) is 4.93. The molecule has 7 heteroatoms. The van der Waals surface area contributed by atoms with Gasteiger partial charge in [0, 0.05) is 4.91 Å². The van der Waals surface area contributed by atoms with Crippen molar-refractivity contribution in [3.63, 3.8) is 0 Å². The van der Waals surface area contributed by atoms with Crippen molar-refractivity contribution < 1.29 is 19.1 Å². The Labute approximate surface area is 103 Å². The molecular weight excluding hydrogens is 238 g/mol. The Hall–Kier alpha value is -2.53. The van der Waals surface area contributed by atoms with Crippen molar-refractivity contribution in [2.45, 2.75) is 6.54 Å². The standard InChI is InChI=1S/C11H11N3O4/c1-17-10(15)8-3-7(6-13-14-12)4-9(5-8)11(16)18-2/h3-5H,6H2,1-2H3. The van der Waals surface area contributed by atoms with E-state index in [1.165, 1.54) is 32.4 Å². The molecule has 0 bridgehead atoms. The quantitative estimate of drug-likeness (QED) is 0.352. The van der Waals surface area contributed by atoms with Crippen molar-refractivity contribution in [2.75, 3.05) is 14.2 Å². The number of hydrogen-bond acceptors (Lipinski definition) is 5. The summed E-state index contributed by atoms with van der Waals surface area (Å²) in [6, 6.07) is 4.34. The van der Waals surface area contributed by atoms with Gasteiger partial charge in [0.1, 0.15) is 0 Å². The number of esters is 2. The number of methoxy groups -OCH3 is 2. The minimum absolute atomic E-state index is 0.0331. The van der Waals surface area contributed by atoms with Gasteiger partial charge in [0.05, 0.1) is 31.9 Å². The molecular formula is C11H11N3O4. The van der Waals surface area contributed by atoms with Crippen molar-refractivity contribution in [2.24, 2.45) is 5.11 Å². The van der Waals surface area contributed by atoms with Gasteiger partial charge in [0.15, 0.2) is 0 Å². The summed E-state index contributed by atoms with van der Waals surface area (Å²) in [7, 11) is 2.47. The van der Waals surface area contributed by atoms with Gasteiger partial charge in [-0.3, -0.25) is 0 Å². The van der Waals surface area contributed by atoms with Gasteiger partial charge in [0.2, 0.25) is 0 Å². The highest BCUT2D eigenvalue weighted by Crippen LogP contribution is 2.13. The lowest BCUT2D eigenvalue weighted by Crippen LogP contribution is -2.07. The maximum absolute atomic E-state index is 11.4. The van der Waals surface area contributed by atoms with Gasteiger partial charge in [-0.05, 0) is 29.3 Å². The molecule has 0 saturated carbocycles. The van der Waals surface area contributed by atoms with Crippen molar-refractivity contribution in [3.8, 4) is 0 Å². The summed E-state index contributed by atoms with van der Waals surface area (Å²) >= 11 is 0. The molecule has 18 heavy (non-hydrogen) atoms. The Kier molecular flexibility index (Phi) is 4.71. The van der Waals surface area contributed by atoms with E-state index in [0.717, 1.165) is 0 Å². The predicted octanol–water partition coefficient (Wildman–Crippen LogP) is 2.07. The minimum atomic E-state index is -0.581. The molecule has 0 saturated heterocycles. The second-order valence-corrected chi connectivity index (χ2v) is 3.29. The molecule has 0 aliphatic heterocycles. The molecule has 0 amide bonds. The molecule has 0 unspecified atom stereocenters. The van der Waals surface area contributed by atoms with Crippen LogP contribution in [0.2, 0.25) is 0 Å². The smallest absolute Gasteiger partial charge is 0.337 e. The Morgan fingerprint density at radius 2 is 1.67 bits per heavy atom. The zero-order valence-electron chi connectivity index (χ0n) is 9.91. The minimum Gasteiger partial charge on any atom is -0.465 e. The number of rotatable bonds is 4. The van der Waals surface area contributed by atoms with Crippen molar-refractivity contribution >= 4 is 11.9 Å². The second kappa shape index (κ2) is 6.27. The van der Waals surface area contributed by atoms with E-state index in [0.29, 0.717) is 5.56 Å². The molecule has 0 heterocycles. The molecule has 1 rings (SSSR count). The third-order valence-electron chi connectivity index (χ3n) is 2.15. The number of azide groups is 1. The maximum atomic E-state index is 11.4. The average molecular weight is 249 g/mol. The van der Waals surface area contributed by atoms with Crippen LogP contribution in [0.15, 0.2) is 23.3 Å². The zero-order chi connectivity index (χ0) is 13.5. The molecule has 0 spiro atoms. The lowest BCUT2D eigenvalue weighted by molar-refractivity contribution is 0.0599. The van der Waals surface area contributed by atoms with Crippen LogP contribution in [-0.2, 0) is 16.0 Å². The number of benzene rings is 1. The fourth-order valence-electron chi connectivity index (χ4n) is 1.37. The summed E-state index contributed by atoms with van der Waals surface area (Å²) in [4.78, 5) is 25.5. The lowest BCUT2D eigenvalue weighted by atomic mass is 10.1. The van der Waals surface area contributed by atoms with Crippen LogP contribution in [0.3, 0.4) is 0 Å². The van der Waals surface area contributed by atoms with Gasteiger partial charge in [-0.1, -0.05) is 5.11 Å². The topological polar surface area (TPSA) is 101 Å². The summed E-state index contributed by atoms with van der Waals surface area (Å²) in [6.45, 7) is 0.0331. The van der Waals surface area contributed by atoms with Gasteiger partial charge >= 0.3 is 11.9 Å². The number of nitrogens with zero attached hydrogens (tertiary/aromatic N) is 3. The fraction of sp³-hybridized carbons (Fsp3) is 0.273. The SMILES string of the molecule is COC(=O)c1cc(CN=[N+]=[N-])cc(C(=O)OC)c1. The van der Waals surface area contributed by atoms with Gasteiger partial charge in [-0.25, -0.2) is 9.59 Å². The molecule has 0 fully saturated rings. The highest BCUT2D eigenvalue weighted by molar-refractivity contribution is 5.95. The van der Waals surface area contributed by atoms with Gasteiger partial charge < -0.3 is 9.47 Å². The molecule has 0 aromatic heterocycles. The normalized spacial score (nSPS) is 9.22. The Bertz CT molecular complexity index is 487. The van der Waals surface area contributed by atoms with Crippen LogP contribution in [-0.4, -0.2) is 26.2 Å². The molecule has 7 nitrogen and oxygen atoms in total. The first kappa shape index (κ1) is 13.5. The zero-order valence-corrected chi connectivity index (χ0v) is 9.91. The monoisotopic (exact) mass is 249 g/mol. The number of carbonyl (C=O) groups excluding carboxylic acids is 2. The number of ether oxygens (including phenoxy) is 2. The average Bonchev–Trinajstić information content (AvgIpc) is 2.42. The van der Waals surface area contributed by atoms with E-state index in [4.69, 9.17) is 5.53 Å². The van der Waals surface area contributed by atoms with Gasteiger partial charge in [-0.2, -0.15) is 0 Å². The third-order valence-corrected chi connectivity index (χ3v) is 2.15. The highest BCUT2D eigenvalue weighted by Gasteiger charge is 2.13. The van der Waals surface area contributed by atoms with E-state index in [9.17, 15) is 9.59 Å². The first-order chi connectivity index (χ1) is 8.62. The van der Waals surface area contributed by atoms with Gasteiger partial charge in [-0.15, -0.1) is 0 Å². The van der Waals surface area contributed by atoms with Crippen molar-refractivity contribution in [3.05, 3.63) is 45.3 Å². The fourth-order valence-corrected chi connectivity index (χ4v) is 1.37. The third kappa shape index (κ3) is 3.23. The Balaban J connectivity index is 3.23. The number of hydrogen-bond donors (Lipinski definition) is 0. The van der Waals surface area contributed by atoms with Crippen LogP contribution in [0.5, 0.6) is 0 Å². The van der Waals surface area contributed by atoms with Crippen LogP contribution in [0.1, 0.15) is 26.3 Å². The Morgan fingerprint density at radius 3 is 2.06 bits per heavy atom. The van der Waals surface area contributed by atoms with E-state index in [2.05, 4.69) is 19.5 Å². The van der Waals surface area contributed by atoms with Crippen LogP contribution in [0.25, 0.3) is 10.4 Å². The molecule has 0 aliphatic carbocycles. The molecule has 1 aromatic rings. The summed E-state index contributed by atoms with van der Waals surface area (Å²) in [5.74, 6) is -1.16. The Morgan fingerprint density at radius 1 is 1.17 bits per heavy atom.